The summed E-state index contributed by atoms with van der Waals surface area (Å²) in [6, 6.07) is 12.8. The number of rotatable bonds is 7. The van der Waals surface area contributed by atoms with E-state index in [1.54, 1.807) is 25.3 Å². The maximum Gasteiger partial charge on any atom is 0.255 e. The normalized spacial score (nSPS) is 17.7. The summed E-state index contributed by atoms with van der Waals surface area (Å²) in [6.45, 7) is 1.50. The van der Waals surface area contributed by atoms with Crippen molar-refractivity contribution in [2.24, 2.45) is 5.73 Å². The standard InChI is InChI=1S/C22H27FN2O3/c1-27-21-12-16(9-10-20(21)28-15-22(24)26)14-25-11-4-2-3-8-19(25)17-6-5-7-18(23)13-17/h5-7,9-10,12-13,19H,2-4,8,11,14-15H2,1H3,(H2,24,26)/t19-/m1/s1. The van der Waals surface area contributed by atoms with Crippen molar-refractivity contribution in [1.29, 1.82) is 0 Å². The predicted octanol–water partition coefficient (Wildman–Crippen LogP) is 3.82. The van der Waals surface area contributed by atoms with Gasteiger partial charge in [-0.25, -0.2) is 4.39 Å². The summed E-state index contributed by atoms with van der Waals surface area (Å²) in [6.07, 6.45) is 4.47. The van der Waals surface area contributed by atoms with Crippen molar-refractivity contribution in [2.75, 3.05) is 20.3 Å². The number of benzene rings is 2. The number of halogens is 1. The van der Waals surface area contributed by atoms with Crippen LogP contribution in [0.15, 0.2) is 42.5 Å². The molecule has 0 saturated carbocycles. The van der Waals surface area contributed by atoms with Crippen LogP contribution in [-0.4, -0.2) is 31.1 Å². The lowest BCUT2D eigenvalue weighted by atomic mass is 10.00. The first-order valence-corrected chi connectivity index (χ1v) is 9.64. The highest BCUT2D eigenvalue weighted by Crippen LogP contribution is 2.34. The Balaban J connectivity index is 1.80. The Morgan fingerprint density at radius 1 is 1.18 bits per heavy atom. The van der Waals surface area contributed by atoms with Gasteiger partial charge in [0.15, 0.2) is 18.1 Å². The molecule has 1 heterocycles. The summed E-state index contributed by atoms with van der Waals surface area (Å²) in [4.78, 5) is 13.4. The molecule has 1 atom stereocenters. The second kappa shape index (κ2) is 9.55. The molecule has 2 N–H and O–H groups in total. The van der Waals surface area contributed by atoms with Crippen LogP contribution in [0.5, 0.6) is 11.5 Å². The van der Waals surface area contributed by atoms with Crippen LogP contribution in [0.1, 0.15) is 42.9 Å². The number of hydrogen-bond acceptors (Lipinski definition) is 4. The predicted molar refractivity (Wildman–Crippen MR) is 106 cm³/mol. The zero-order valence-corrected chi connectivity index (χ0v) is 16.2. The van der Waals surface area contributed by atoms with Crippen LogP contribution < -0.4 is 15.2 Å². The number of carbonyl (C=O) groups excluding carboxylic acids is 1. The zero-order chi connectivity index (χ0) is 19.9. The maximum absolute atomic E-state index is 13.8. The van der Waals surface area contributed by atoms with Crippen molar-refractivity contribution in [3.8, 4) is 11.5 Å². The molecule has 0 unspecified atom stereocenters. The quantitative estimate of drug-likeness (QED) is 0.786. The molecule has 3 rings (SSSR count). The lowest BCUT2D eigenvalue weighted by Crippen LogP contribution is -2.28. The van der Waals surface area contributed by atoms with E-state index in [1.165, 1.54) is 12.5 Å². The van der Waals surface area contributed by atoms with E-state index in [4.69, 9.17) is 15.2 Å². The van der Waals surface area contributed by atoms with Gasteiger partial charge in [0.25, 0.3) is 5.91 Å². The van der Waals surface area contributed by atoms with E-state index < -0.39 is 5.91 Å². The molecule has 1 saturated heterocycles. The highest BCUT2D eigenvalue weighted by molar-refractivity contribution is 5.75. The fourth-order valence-corrected chi connectivity index (χ4v) is 3.76. The van der Waals surface area contributed by atoms with Crippen LogP contribution in [0.2, 0.25) is 0 Å². The summed E-state index contributed by atoms with van der Waals surface area (Å²) >= 11 is 0. The van der Waals surface area contributed by atoms with Gasteiger partial charge < -0.3 is 15.2 Å². The lowest BCUT2D eigenvalue weighted by molar-refractivity contribution is -0.119. The van der Waals surface area contributed by atoms with Gasteiger partial charge in [0, 0.05) is 12.6 Å². The minimum absolute atomic E-state index is 0.190. The summed E-state index contributed by atoms with van der Waals surface area (Å²) < 4.78 is 24.6. The van der Waals surface area contributed by atoms with Crippen LogP contribution in [-0.2, 0) is 11.3 Å². The molecule has 0 radical (unpaired) electrons. The van der Waals surface area contributed by atoms with E-state index in [-0.39, 0.29) is 18.5 Å². The molecule has 28 heavy (non-hydrogen) atoms. The van der Waals surface area contributed by atoms with Crippen LogP contribution in [0, 0.1) is 5.82 Å². The van der Waals surface area contributed by atoms with Gasteiger partial charge in [-0.1, -0.05) is 31.0 Å². The van der Waals surface area contributed by atoms with Crippen molar-refractivity contribution >= 4 is 5.91 Å². The van der Waals surface area contributed by atoms with Crippen molar-refractivity contribution < 1.29 is 18.7 Å². The van der Waals surface area contributed by atoms with Crippen molar-refractivity contribution in [2.45, 2.75) is 38.3 Å². The van der Waals surface area contributed by atoms with Gasteiger partial charge >= 0.3 is 0 Å². The molecule has 2 aromatic carbocycles. The number of methoxy groups -OCH3 is 1. The lowest BCUT2D eigenvalue weighted by Gasteiger charge is -2.30. The molecule has 0 spiro atoms. The summed E-state index contributed by atoms with van der Waals surface area (Å²) in [7, 11) is 1.57. The molecule has 150 valence electrons. The third-order valence-corrected chi connectivity index (χ3v) is 5.08. The van der Waals surface area contributed by atoms with Gasteiger partial charge in [0.05, 0.1) is 7.11 Å². The first kappa shape index (κ1) is 20.1. The zero-order valence-electron chi connectivity index (χ0n) is 16.2. The molecule has 0 aliphatic carbocycles. The minimum Gasteiger partial charge on any atom is -0.493 e. The number of hydrogen-bond donors (Lipinski definition) is 1. The summed E-state index contributed by atoms with van der Waals surface area (Å²) in [5, 5.41) is 0. The number of primary amides is 1. The molecule has 1 amide bonds. The Bertz CT molecular complexity index is 812. The molecule has 1 fully saturated rings. The molecular formula is C22H27FN2O3. The molecule has 1 aliphatic heterocycles. The monoisotopic (exact) mass is 386 g/mol. The van der Waals surface area contributed by atoms with E-state index in [0.717, 1.165) is 43.5 Å². The Kier molecular flexibility index (Phi) is 6.87. The van der Waals surface area contributed by atoms with Crippen molar-refractivity contribution in [3.63, 3.8) is 0 Å². The average Bonchev–Trinajstić information content (AvgIpc) is 2.92. The Morgan fingerprint density at radius 3 is 2.79 bits per heavy atom. The molecule has 0 aromatic heterocycles. The number of nitrogens with zero attached hydrogens (tertiary/aromatic N) is 1. The fourth-order valence-electron chi connectivity index (χ4n) is 3.76. The number of carbonyl (C=O) groups is 1. The second-order valence-corrected chi connectivity index (χ2v) is 7.13. The molecule has 2 aromatic rings. The highest BCUT2D eigenvalue weighted by atomic mass is 19.1. The third kappa shape index (κ3) is 5.23. The van der Waals surface area contributed by atoms with Crippen molar-refractivity contribution in [3.05, 3.63) is 59.4 Å². The Labute approximate surface area is 165 Å². The van der Waals surface area contributed by atoms with Gasteiger partial charge in [-0.2, -0.15) is 0 Å². The molecular weight excluding hydrogens is 359 g/mol. The number of nitrogens with two attached hydrogens (primary N) is 1. The molecule has 0 bridgehead atoms. The summed E-state index contributed by atoms with van der Waals surface area (Å²) in [5.74, 6) is 0.325. The van der Waals surface area contributed by atoms with E-state index in [0.29, 0.717) is 11.5 Å². The van der Waals surface area contributed by atoms with E-state index >= 15 is 0 Å². The van der Waals surface area contributed by atoms with Crippen molar-refractivity contribution in [1.82, 2.24) is 4.90 Å². The number of ether oxygens (including phenoxy) is 2. The summed E-state index contributed by atoms with van der Waals surface area (Å²) in [5.41, 5.74) is 7.24. The topological polar surface area (TPSA) is 64.8 Å². The number of amides is 1. The first-order valence-electron chi connectivity index (χ1n) is 9.64. The molecule has 5 nitrogen and oxygen atoms in total. The largest absolute Gasteiger partial charge is 0.493 e. The Hall–Kier alpha value is -2.60. The first-order chi connectivity index (χ1) is 13.6. The van der Waals surface area contributed by atoms with Crippen LogP contribution in [0.3, 0.4) is 0 Å². The minimum atomic E-state index is -0.534. The van der Waals surface area contributed by atoms with Gasteiger partial charge in [0.2, 0.25) is 0 Å². The number of likely N-dealkylation sites (tertiary alicyclic amines) is 1. The van der Waals surface area contributed by atoms with E-state index in [9.17, 15) is 9.18 Å². The van der Waals surface area contributed by atoms with Gasteiger partial charge in [0.1, 0.15) is 5.82 Å². The maximum atomic E-state index is 13.8. The Morgan fingerprint density at radius 2 is 2.04 bits per heavy atom. The smallest absolute Gasteiger partial charge is 0.255 e. The second-order valence-electron chi connectivity index (χ2n) is 7.13. The molecule has 1 aliphatic rings. The van der Waals surface area contributed by atoms with Gasteiger partial charge in [-0.3, -0.25) is 9.69 Å². The average molecular weight is 386 g/mol. The SMILES string of the molecule is COc1cc(CN2CCCCC[C@@H]2c2cccc(F)c2)ccc1OCC(N)=O. The van der Waals surface area contributed by atoms with Gasteiger partial charge in [-0.15, -0.1) is 0 Å². The van der Waals surface area contributed by atoms with Crippen LogP contribution >= 0.6 is 0 Å². The highest BCUT2D eigenvalue weighted by Gasteiger charge is 2.23. The van der Waals surface area contributed by atoms with E-state index in [2.05, 4.69) is 4.90 Å². The fraction of sp³-hybridized carbons (Fsp3) is 0.409. The van der Waals surface area contributed by atoms with E-state index in [1.807, 2.05) is 18.2 Å². The third-order valence-electron chi connectivity index (χ3n) is 5.08. The van der Waals surface area contributed by atoms with Crippen LogP contribution in [0.4, 0.5) is 4.39 Å². The molecule has 6 heteroatoms. The van der Waals surface area contributed by atoms with Crippen LogP contribution in [0.25, 0.3) is 0 Å². The van der Waals surface area contributed by atoms with Gasteiger partial charge in [-0.05, 0) is 54.8 Å².